The van der Waals surface area contributed by atoms with Crippen LogP contribution >= 0.6 is 0 Å². The summed E-state index contributed by atoms with van der Waals surface area (Å²) in [6.45, 7) is 0.489. The van der Waals surface area contributed by atoms with Crippen molar-refractivity contribution in [2.45, 2.75) is 50.4 Å². The van der Waals surface area contributed by atoms with Gasteiger partial charge in [0.15, 0.2) is 6.10 Å². The normalized spacial score (nSPS) is 38.1. The number of hydrogen-bond donors (Lipinski definition) is 7. The molecule has 2 aliphatic rings. The second-order valence-electron chi connectivity index (χ2n) is 8.88. The first-order valence-corrected chi connectivity index (χ1v) is 13.8. The highest BCUT2D eigenvalue weighted by atomic mass is 32.3. The topological polar surface area (TPSA) is 256 Å². The van der Waals surface area contributed by atoms with E-state index in [1.54, 1.807) is 6.92 Å². The van der Waals surface area contributed by atoms with Gasteiger partial charge in [0, 0.05) is 18.4 Å². The summed E-state index contributed by atoms with van der Waals surface area (Å²) in [6.07, 6.45) is -6.28. The monoisotopic (exact) mass is 567 g/mol. The Morgan fingerprint density at radius 2 is 1.47 bits per heavy atom. The summed E-state index contributed by atoms with van der Waals surface area (Å²) >= 11 is 0. The zero-order chi connectivity index (χ0) is 27.4. The van der Waals surface area contributed by atoms with E-state index in [1.165, 1.54) is 6.92 Å². The Hall–Kier alpha value is -1.03. The van der Waals surface area contributed by atoms with Gasteiger partial charge in [0.25, 0.3) is 0 Å². The van der Waals surface area contributed by atoms with E-state index in [-0.39, 0.29) is 6.61 Å². The first-order valence-electron chi connectivity index (χ1n) is 11.0. The van der Waals surface area contributed by atoms with Gasteiger partial charge in [-0.1, -0.05) is 13.8 Å². The Bertz CT molecular complexity index is 944. The Morgan fingerprint density at radius 3 is 1.94 bits per heavy atom. The van der Waals surface area contributed by atoms with Crippen molar-refractivity contribution < 1.29 is 69.6 Å². The molecule has 18 heteroatoms. The van der Waals surface area contributed by atoms with Crippen molar-refractivity contribution in [2.75, 3.05) is 33.0 Å². The van der Waals surface area contributed by atoms with Crippen LogP contribution in [-0.4, -0.2) is 122 Å². The molecule has 7 N–H and O–H groups in total. The number of carboxylic acids is 1. The molecule has 0 aromatic carbocycles. The largest absolute Gasteiger partial charge is 0.479 e. The summed E-state index contributed by atoms with van der Waals surface area (Å²) in [5.74, 6) is -4.74. The van der Waals surface area contributed by atoms with E-state index in [9.17, 15) is 51.2 Å². The maximum atomic E-state index is 11.6. The molecule has 4 unspecified atom stereocenters. The van der Waals surface area contributed by atoms with Gasteiger partial charge in [0.2, 0.25) is 0 Å². The van der Waals surface area contributed by atoms with E-state index in [0.29, 0.717) is 0 Å². The van der Waals surface area contributed by atoms with Crippen molar-refractivity contribution in [2.24, 2.45) is 23.7 Å². The van der Waals surface area contributed by atoms with Crippen LogP contribution < -0.4 is 4.72 Å². The zero-order valence-electron chi connectivity index (χ0n) is 19.5. The third-order valence-corrected chi connectivity index (χ3v) is 7.70. The van der Waals surface area contributed by atoms with Crippen LogP contribution in [-0.2, 0) is 43.9 Å². The SMILES string of the molecule is C[C@@H]1C(NS(=O)(=O)O)[C@H](CO)OC(CO)[C@@H]1COC[C@@H]1OC(C(=O)O)[C@H](CO)[C@H](C)C1OS(=O)(=O)O. The molecule has 10 atom stereocenters. The molecule has 2 heterocycles. The molecule has 0 aliphatic carbocycles. The van der Waals surface area contributed by atoms with E-state index in [2.05, 4.69) is 0 Å². The van der Waals surface area contributed by atoms with Crippen LogP contribution in [0, 0.1) is 23.7 Å². The fraction of sp³-hybridized carbons (Fsp3) is 0.944. The molecule has 0 radical (unpaired) electrons. The lowest BCUT2D eigenvalue weighted by Crippen LogP contribution is -2.60. The van der Waals surface area contributed by atoms with Crippen LogP contribution in [0.25, 0.3) is 0 Å². The van der Waals surface area contributed by atoms with E-state index < -0.39 is 113 Å². The summed E-state index contributed by atoms with van der Waals surface area (Å²) in [4.78, 5) is 11.6. The summed E-state index contributed by atoms with van der Waals surface area (Å²) in [6, 6.07) is -1.09. The average Bonchev–Trinajstić information content (AvgIpc) is 2.76. The minimum absolute atomic E-state index is 0.234. The van der Waals surface area contributed by atoms with E-state index >= 15 is 0 Å². The van der Waals surface area contributed by atoms with Crippen molar-refractivity contribution in [3.05, 3.63) is 0 Å². The van der Waals surface area contributed by atoms with Crippen LogP contribution in [0.2, 0.25) is 0 Å². The standard InChI is InChI=1S/C18H33NO15S2/c1-8-11(12(4-21)32-13(5-22)15(8)19-35(25,26)27)6-31-7-14-16(34-36(28,29)30)9(2)10(3-20)17(33-14)18(23)24/h8-17,19-22H,3-7H2,1-2H3,(H,23,24)(H,25,26,27)(H,28,29,30)/t8-,9-,10+,11+,12?,13-,14-,15?,16?,17?/m0/s1. The average molecular weight is 568 g/mol. The van der Waals surface area contributed by atoms with Crippen molar-refractivity contribution in [1.82, 2.24) is 4.72 Å². The van der Waals surface area contributed by atoms with Gasteiger partial charge >= 0.3 is 26.7 Å². The van der Waals surface area contributed by atoms with Crippen molar-refractivity contribution in [1.29, 1.82) is 0 Å². The molecule has 0 aromatic heterocycles. The second-order valence-corrected chi connectivity index (χ2v) is 11.1. The predicted octanol–water partition coefficient (Wildman–Crippen LogP) is -2.95. The fourth-order valence-corrected chi connectivity index (χ4v) is 6.07. The minimum atomic E-state index is -4.99. The lowest BCUT2D eigenvalue weighted by molar-refractivity contribution is -0.208. The summed E-state index contributed by atoms with van der Waals surface area (Å²) < 4.78 is 87.1. The Balaban J connectivity index is 2.20. The molecule has 2 fully saturated rings. The molecule has 2 aliphatic heterocycles. The maximum absolute atomic E-state index is 11.6. The van der Waals surface area contributed by atoms with Gasteiger partial charge < -0.3 is 34.6 Å². The van der Waals surface area contributed by atoms with Crippen molar-refractivity contribution >= 4 is 26.7 Å². The third-order valence-electron chi connectivity index (χ3n) is 6.66. The number of hydrogen-bond acceptors (Lipinski definition) is 12. The number of aliphatic hydroxyl groups excluding tert-OH is 3. The van der Waals surface area contributed by atoms with Gasteiger partial charge in [0.05, 0.1) is 44.7 Å². The Kier molecular flexibility index (Phi) is 11.0. The molecule has 0 saturated carbocycles. The summed E-state index contributed by atoms with van der Waals surface area (Å²) in [5.41, 5.74) is 0. The first-order chi connectivity index (χ1) is 16.6. The zero-order valence-corrected chi connectivity index (χ0v) is 21.1. The molecule has 212 valence electrons. The molecule has 36 heavy (non-hydrogen) atoms. The summed E-state index contributed by atoms with van der Waals surface area (Å²) in [5, 5.41) is 38.4. The third kappa shape index (κ3) is 7.98. The molecule has 0 spiro atoms. The molecular formula is C18H33NO15S2. The molecule has 0 bridgehead atoms. The number of carboxylic acid groups (broad SMARTS) is 1. The summed E-state index contributed by atoms with van der Waals surface area (Å²) in [7, 11) is -9.67. The van der Waals surface area contributed by atoms with Gasteiger partial charge in [-0.25, -0.2) is 8.98 Å². The van der Waals surface area contributed by atoms with Gasteiger partial charge in [-0.05, 0) is 11.8 Å². The number of nitrogens with one attached hydrogen (secondary N) is 1. The van der Waals surface area contributed by atoms with E-state index in [4.69, 9.17) is 18.4 Å². The minimum Gasteiger partial charge on any atom is -0.479 e. The van der Waals surface area contributed by atoms with Gasteiger partial charge in [0.1, 0.15) is 12.2 Å². The molecular weight excluding hydrogens is 534 g/mol. The highest BCUT2D eigenvalue weighted by Crippen LogP contribution is 2.35. The fourth-order valence-electron chi connectivity index (χ4n) is 4.78. The second kappa shape index (κ2) is 12.7. The quantitative estimate of drug-likeness (QED) is 0.116. The number of ether oxygens (including phenoxy) is 3. The van der Waals surface area contributed by atoms with Crippen molar-refractivity contribution in [3.63, 3.8) is 0 Å². The lowest BCUT2D eigenvalue weighted by Gasteiger charge is -2.45. The maximum Gasteiger partial charge on any atom is 0.397 e. The predicted molar refractivity (Wildman–Crippen MR) is 117 cm³/mol. The smallest absolute Gasteiger partial charge is 0.397 e. The van der Waals surface area contributed by atoms with Crippen LogP contribution in [0.3, 0.4) is 0 Å². The van der Waals surface area contributed by atoms with Gasteiger partial charge in [-0.3, -0.25) is 9.11 Å². The molecule has 0 aromatic rings. The van der Waals surface area contributed by atoms with Gasteiger partial charge in [-0.2, -0.15) is 21.6 Å². The number of aliphatic hydroxyl groups is 3. The van der Waals surface area contributed by atoms with Crippen LogP contribution in [0.1, 0.15) is 13.8 Å². The lowest BCUT2D eigenvalue weighted by atomic mass is 9.79. The highest BCUT2D eigenvalue weighted by molar-refractivity contribution is 7.83. The van der Waals surface area contributed by atoms with Gasteiger partial charge in [-0.15, -0.1) is 0 Å². The van der Waals surface area contributed by atoms with E-state index in [1.807, 2.05) is 4.72 Å². The molecule has 2 saturated heterocycles. The first kappa shape index (κ1) is 31.2. The van der Waals surface area contributed by atoms with E-state index in [0.717, 1.165) is 0 Å². The molecule has 16 nitrogen and oxygen atoms in total. The van der Waals surface area contributed by atoms with Crippen molar-refractivity contribution in [3.8, 4) is 0 Å². The Labute approximate surface area is 208 Å². The number of rotatable bonds is 12. The Morgan fingerprint density at radius 1 is 0.861 bits per heavy atom. The van der Waals surface area contributed by atoms with Crippen LogP contribution in [0.5, 0.6) is 0 Å². The highest BCUT2D eigenvalue weighted by Gasteiger charge is 2.49. The number of carbonyl (C=O) groups is 1. The molecule has 2 rings (SSSR count). The van der Waals surface area contributed by atoms with Crippen LogP contribution in [0.15, 0.2) is 0 Å². The number of aliphatic carboxylic acids is 1. The van der Waals surface area contributed by atoms with Crippen LogP contribution in [0.4, 0.5) is 0 Å². The molecule has 0 amide bonds.